The second-order valence-corrected chi connectivity index (χ2v) is 7.23. The third-order valence-electron chi connectivity index (χ3n) is 3.68. The highest BCUT2D eigenvalue weighted by Gasteiger charge is 2.25. The van der Waals surface area contributed by atoms with Crippen LogP contribution >= 0.6 is 47.8 Å². The Labute approximate surface area is 153 Å². The minimum atomic E-state index is 0. The Balaban J connectivity index is 0.00000121. The number of thiazole rings is 1. The number of hydrogen-bond donors (Lipinski definition) is 1. The summed E-state index contributed by atoms with van der Waals surface area (Å²) in [6.45, 7) is 7.68. The Hall–Kier alpha value is -0.260. The number of fused-ring (bicyclic) bond motifs is 1. The van der Waals surface area contributed by atoms with Gasteiger partial charge >= 0.3 is 0 Å². The van der Waals surface area contributed by atoms with E-state index < -0.39 is 0 Å². The van der Waals surface area contributed by atoms with Crippen molar-refractivity contribution in [3.63, 3.8) is 0 Å². The molecule has 2 aromatic rings. The minimum absolute atomic E-state index is 0. The molecule has 0 bridgehead atoms. The second-order valence-electron chi connectivity index (χ2n) is 5.79. The monoisotopic (exact) mass is 381 g/mol. The van der Waals surface area contributed by atoms with E-state index in [1.165, 1.54) is 11.1 Å². The fourth-order valence-electron chi connectivity index (χ4n) is 2.78. The lowest BCUT2D eigenvalue weighted by Gasteiger charge is -2.37. The molecule has 7 heteroatoms. The van der Waals surface area contributed by atoms with Crippen LogP contribution in [0.4, 0.5) is 5.13 Å². The van der Waals surface area contributed by atoms with Gasteiger partial charge in [-0.2, -0.15) is 0 Å². The molecule has 0 saturated carbocycles. The SMILES string of the molecule is CC(C)C[C@H]1CNCCN1c1nc2ccc(Cl)cc2s1.Cl.Cl. The highest BCUT2D eigenvalue weighted by atomic mass is 35.5. The number of rotatable bonds is 3. The van der Waals surface area contributed by atoms with Crippen LogP contribution in [0, 0.1) is 5.92 Å². The van der Waals surface area contributed by atoms with Crippen molar-refractivity contribution in [2.75, 3.05) is 24.5 Å². The van der Waals surface area contributed by atoms with Crippen LogP contribution in [0.25, 0.3) is 10.2 Å². The van der Waals surface area contributed by atoms with Crippen molar-refractivity contribution in [1.82, 2.24) is 10.3 Å². The molecule has 0 radical (unpaired) electrons. The lowest BCUT2D eigenvalue weighted by atomic mass is 10.0. The number of piperazine rings is 1. The molecule has 2 heterocycles. The van der Waals surface area contributed by atoms with E-state index in [-0.39, 0.29) is 24.8 Å². The molecule has 1 aromatic carbocycles. The summed E-state index contributed by atoms with van der Waals surface area (Å²) < 4.78 is 1.18. The molecule has 1 aliphatic rings. The highest BCUT2D eigenvalue weighted by Crippen LogP contribution is 2.32. The first-order valence-electron chi connectivity index (χ1n) is 7.17. The molecule has 0 aliphatic carbocycles. The summed E-state index contributed by atoms with van der Waals surface area (Å²) in [7, 11) is 0. The largest absolute Gasteiger partial charge is 0.343 e. The van der Waals surface area contributed by atoms with E-state index in [4.69, 9.17) is 16.6 Å². The van der Waals surface area contributed by atoms with E-state index in [0.717, 1.165) is 35.3 Å². The predicted octanol–water partition coefficient (Wildman–Crippen LogP) is 4.62. The maximum Gasteiger partial charge on any atom is 0.186 e. The van der Waals surface area contributed by atoms with Crippen LogP contribution in [-0.2, 0) is 0 Å². The summed E-state index contributed by atoms with van der Waals surface area (Å²) in [6, 6.07) is 6.48. The first-order valence-corrected chi connectivity index (χ1v) is 8.36. The third kappa shape index (κ3) is 4.39. The Morgan fingerprint density at radius 2 is 2.18 bits per heavy atom. The predicted molar refractivity (Wildman–Crippen MR) is 103 cm³/mol. The molecule has 0 amide bonds. The van der Waals surface area contributed by atoms with Gasteiger partial charge in [-0.3, -0.25) is 0 Å². The molecule has 0 unspecified atom stereocenters. The zero-order valence-electron chi connectivity index (χ0n) is 12.7. The fourth-order valence-corrected chi connectivity index (χ4v) is 4.12. The molecule has 0 spiro atoms. The number of halogens is 3. The first kappa shape index (κ1) is 19.8. The van der Waals surface area contributed by atoms with Crippen molar-refractivity contribution in [3.05, 3.63) is 23.2 Å². The van der Waals surface area contributed by atoms with Crippen LogP contribution in [0.15, 0.2) is 18.2 Å². The standard InChI is InChI=1S/C15H20ClN3S.2ClH/c1-10(2)7-12-9-17-5-6-19(12)15-18-13-4-3-11(16)8-14(13)20-15;;/h3-4,8,10,12,17H,5-7,9H2,1-2H3;2*1H/t12-;;/m0../s1. The van der Waals surface area contributed by atoms with Crippen LogP contribution in [0.1, 0.15) is 20.3 Å². The van der Waals surface area contributed by atoms with Gasteiger partial charge in [0.1, 0.15) is 0 Å². The van der Waals surface area contributed by atoms with E-state index in [0.29, 0.717) is 12.0 Å². The smallest absolute Gasteiger partial charge is 0.186 e. The van der Waals surface area contributed by atoms with Gasteiger partial charge in [-0.1, -0.05) is 36.8 Å². The molecule has 1 aliphatic heterocycles. The van der Waals surface area contributed by atoms with Crippen molar-refractivity contribution < 1.29 is 0 Å². The van der Waals surface area contributed by atoms with Crippen molar-refractivity contribution >= 4 is 63.1 Å². The van der Waals surface area contributed by atoms with Crippen LogP contribution in [0.5, 0.6) is 0 Å². The molecular weight excluding hydrogens is 361 g/mol. The Morgan fingerprint density at radius 3 is 2.91 bits per heavy atom. The molecule has 1 fully saturated rings. The number of benzene rings is 1. The number of nitrogens with one attached hydrogen (secondary N) is 1. The van der Waals surface area contributed by atoms with Crippen molar-refractivity contribution in [1.29, 1.82) is 0 Å². The lowest BCUT2D eigenvalue weighted by molar-refractivity contribution is 0.407. The van der Waals surface area contributed by atoms with Gasteiger partial charge in [-0.25, -0.2) is 4.98 Å². The molecule has 22 heavy (non-hydrogen) atoms. The van der Waals surface area contributed by atoms with Crippen LogP contribution in [-0.4, -0.2) is 30.7 Å². The van der Waals surface area contributed by atoms with E-state index in [1.54, 1.807) is 11.3 Å². The molecule has 124 valence electrons. The zero-order chi connectivity index (χ0) is 14.1. The average Bonchev–Trinajstić information content (AvgIpc) is 2.81. The maximum atomic E-state index is 6.07. The normalized spacial score (nSPS) is 18.2. The second kappa shape index (κ2) is 8.55. The molecule has 1 saturated heterocycles. The number of hydrogen-bond acceptors (Lipinski definition) is 4. The minimum Gasteiger partial charge on any atom is -0.343 e. The van der Waals surface area contributed by atoms with Gasteiger partial charge in [0.2, 0.25) is 0 Å². The molecule has 1 aromatic heterocycles. The van der Waals surface area contributed by atoms with Crippen molar-refractivity contribution in [3.8, 4) is 0 Å². The topological polar surface area (TPSA) is 28.2 Å². The number of nitrogens with zero attached hydrogens (tertiary/aromatic N) is 2. The Bertz CT molecular complexity index is 603. The molecular formula is C15H22Cl3N3S. The van der Waals surface area contributed by atoms with E-state index in [1.807, 2.05) is 18.2 Å². The summed E-state index contributed by atoms with van der Waals surface area (Å²) in [5.74, 6) is 0.700. The summed E-state index contributed by atoms with van der Waals surface area (Å²) in [6.07, 6.45) is 1.20. The summed E-state index contributed by atoms with van der Waals surface area (Å²) in [5, 5.41) is 5.41. The first-order chi connectivity index (χ1) is 9.63. The summed E-state index contributed by atoms with van der Waals surface area (Å²) in [4.78, 5) is 7.26. The van der Waals surface area contributed by atoms with Gasteiger partial charge in [-0.05, 0) is 30.5 Å². The van der Waals surface area contributed by atoms with Gasteiger partial charge < -0.3 is 10.2 Å². The number of anilines is 1. The van der Waals surface area contributed by atoms with Gasteiger partial charge in [0.05, 0.1) is 10.2 Å². The summed E-state index contributed by atoms with van der Waals surface area (Å²) >= 11 is 7.82. The third-order valence-corrected chi connectivity index (χ3v) is 4.97. The summed E-state index contributed by atoms with van der Waals surface area (Å²) in [5.41, 5.74) is 1.05. The number of aromatic nitrogens is 1. The Morgan fingerprint density at radius 1 is 1.41 bits per heavy atom. The zero-order valence-corrected chi connectivity index (χ0v) is 15.9. The van der Waals surface area contributed by atoms with Crippen LogP contribution < -0.4 is 10.2 Å². The van der Waals surface area contributed by atoms with Crippen LogP contribution in [0.3, 0.4) is 0 Å². The van der Waals surface area contributed by atoms with Gasteiger partial charge in [-0.15, -0.1) is 24.8 Å². The van der Waals surface area contributed by atoms with Crippen LogP contribution in [0.2, 0.25) is 5.02 Å². The van der Waals surface area contributed by atoms with E-state index in [9.17, 15) is 0 Å². The van der Waals surface area contributed by atoms with Gasteiger partial charge in [0, 0.05) is 30.7 Å². The lowest BCUT2D eigenvalue weighted by Crippen LogP contribution is -2.51. The fraction of sp³-hybridized carbons (Fsp3) is 0.533. The highest BCUT2D eigenvalue weighted by molar-refractivity contribution is 7.22. The van der Waals surface area contributed by atoms with Gasteiger partial charge in [0.15, 0.2) is 5.13 Å². The van der Waals surface area contributed by atoms with Crippen molar-refractivity contribution in [2.45, 2.75) is 26.3 Å². The molecule has 3 rings (SSSR count). The Kier molecular flexibility index (Phi) is 7.69. The average molecular weight is 383 g/mol. The van der Waals surface area contributed by atoms with E-state index >= 15 is 0 Å². The van der Waals surface area contributed by atoms with E-state index in [2.05, 4.69) is 24.1 Å². The quantitative estimate of drug-likeness (QED) is 0.839. The van der Waals surface area contributed by atoms with Crippen molar-refractivity contribution in [2.24, 2.45) is 5.92 Å². The molecule has 3 nitrogen and oxygen atoms in total. The molecule has 1 N–H and O–H groups in total. The maximum absolute atomic E-state index is 6.07. The van der Waals surface area contributed by atoms with Gasteiger partial charge in [0.25, 0.3) is 0 Å². The molecule has 1 atom stereocenters.